The average molecular weight is 373 g/mol. The number of para-hydroxylation sites is 2. The summed E-state index contributed by atoms with van der Waals surface area (Å²) in [4.78, 5) is 31.1. The van der Waals surface area contributed by atoms with Crippen LogP contribution < -0.4 is 10.9 Å². The molecule has 2 heterocycles. The van der Waals surface area contributed by atoms with E-state index in [2.05, 4.69) is 32.5 Å². The summed E-state index contributed by atoms with van der Waals surface area (Å²) in [6.45, 7) is 0. The Hall–Kier alpha value is -3.74. The van der Waals surface area contributed by atoms with Crippen LogP contribution in [0.2, 0.25) is 0 Å². The Morgan fingerprint density at radius 2 is 1.86 bits per heavy atom. The summed E-state index contributed by atoms with van der Waals surface area (Å²) < 4.78 is 1.56. The molecule has 7 heteroatoms. The van der Waals surface area contributed by atoms with Gasteiger partial charge in [0.2, 0.25) is 5.91 Å². The second-order valence-corrected chi connectivity index (χ2v) is 6.43. The number of aryl methyl sites for hydroxylation is 1. The molecule has 7 nitrogen and oxygen atoms in total. The van der Waals surface area contributed by atoms with E-state index in [0.717, 1.165) is 12.8 Å². The van der Waals surface area contributed by atoms with Crippen molar-refractivity contribution in [2.45, 2.75) is 19.3 Å². The Morgan fingerprint density at radius 1 is 1.07 bits per heavy atom. The van der Waals surface area contributed by atoms with Crippen LogP contribution in [0.15, 0.2) is 71.9 Å². The van der Waals surface area contributed by atoms with E-state index in [-0.39, 0.29) is 11.5 Å². The Balaban J connectivity index is 1.51. The summed E-state index contributed by atoms with van der Waals surface area (Å²) in [5.74, 6) is -0.0642. The van der Waals surface area contributed by atoms with Gasteiger partial charge < -0.3 is 10.3 Å². The predicted octanol–water partition coefficient (Wildman–Crippen LogP) is 3.07. The summed E-state index contributed by atoms with van der Waals surface area (Å²) in [6, 6.07) is 17.4. The standard InChI is InChI=1S/C21H19N5O2/c27-19(12-6-9-15-7-2-1-3-8-15)25-17-10-4-5-11-18(17)26-20-16(13-24-26)21(28)23-14-22-20/h1-5,7-8,10-11,13-14H,6,9,12H2,(H,25,27)(H,22,23,28). The highest BCUT2D eigenvalue weighted by atomic mass is 16.1. The number of anilines is 1. The van der Waals surface area contributed by atoms with E-state index in [0.29, 0.717) is 28.8 Å². The summed E-state index contributed by atoms with van der Waals surface area (Å²) in [5, 5.41) is 7.62. The maximum atomic E-state index is 12.4. The van der Waals surface area contributed by atoms with E-state index in [9.17, 15) is 9.59 Å². The van der Waals surface area contributed by atoms with Gasteiger partial charge in [-0.1, -0.05) is 42.5 Å². The molecule has 140 valence electrons. The first-order chi connectivity index (χ1) is 13.7. The quantitative estimate of drug-likeness (QED) is 0.543. The Kier molecular flexibility index (Phi) is 4.97. The van der Waals surface area contributed by atoms with Gasteiger partial charge in [-0.3, -0.25) is 9.59 Å². The van der Waals surface area contributed by atoms with Crippen molar-refractivity contribution in [1.29, 1.82) is 0 Å². The van der Waals surface area contributed by atoms with Gasteiger partial charge in [-0.05, 0) is 30.5 Å². The van der Waals surface area contributed by atoms with Crippen LogP contribution in [-0.2, 0) is 11.2 Å². The lowest BCUT2D eigenvalue weighted by molar-refractivity contribution is -0.116. The lowest BCUT2D eigenvalue weighted by Crippen LogP contribution is -2.14. The largest absolute Gasteiger partial charge is 0.324 e. The van der Waals surface area contributed by atoms with Gasteiger partial charge in [0.05, 0.1) is 23.9 Å². The van der Waals surface area contributed by atoms with Crippen LogP contribution in [0.1, 0.15) is 18.4 Å². The lowest BCUT2D eigenvalue weighted by Gasteiger charge is -2.11. The maximum absolute atomic E-state index is 12.4. The molecule has 0 radical (unpaired) electrons. The van der Waals surface area contributed by atoms with Crippen LogP contribution in [0.4, 0.5) is 5.69 Å². The van der Waals surface area contributed by atoms with Crippen LogP contribution in [0.25, 0.3) is 16.7 Å². The molecule has 0 saturated heterocycles. The summed E-state index contributed by atoms with van der Waals surface area (Å²) in [7, 11) is 0. The van der Waals surface area contributed by atoms with Crippen molar-refractivity contribution in [3.05, 3.63) is 83.0 Å². The molecule has 0 bridgehead atoms. The second kappa shape index (κ2) is 7.87. The number of aromatic nitrogens is 4. The number of nitrogens with one attached hydrogen (secondary N) is 2. The molecule has 4 rings (SSSR count). The Bertz CT molecular complexity index is 1160. The molecule has 0 aliphatic heterocycles. The minimum absolute atomic E-state index is 0.0642. The zero-order chi connectivity index (χ0) is 19.3. The molecule has 2 N–H and O–H groups in total. The highest BCUT2D eigenvalue weighted by molar-refractivity contribution is 5.93. The van der Waals surface area contributed by atoms with Crippen molar-refractivity contribution < 1.29 is 4.79 Å². The third-order valence-corrected chi connectivity index (χ3v) is 4.49. The third kappa shape index (κ3) is 3.68. The zero-order valence-electron chi connectivity index (χ0n) is 15.1. The number of aromatic amines is 1. The molecule has 1 amide bonds. The van der Waals surface area contributed by atoms with E-state index in [1.165, 1.54) is 18.1 Å². The smallest absolute Gasteiger partial charge is 0.261 e. The van der Waals surface area contributed by atoms with Gasteiger partial charge >= 0.3 is 0 Å². The topological polar surface area (TPSA) is 92.7 Å². The van der Waals surface area contributed by atoms with Gasteiger partial charge in [-0.15, -0.1) is 0 Å². The Labute approximate surface area is 161 Å². The summed E-state index contributed by atoms with van der Waals surface area (Å²) >= 11 is 0. The first-order valence-corrected chi connectivity index (χ1v) is 9.07. The first kappa shape index (κ1) is 17.7. The zero-order valence-corrected chi connectivity index (χ0v) is 15.1. The number of nitrogens with zero attached hydrogens (tertiary/aromatic N) is 3. The molecule has 0 aliphatic rings. The lowest BCUT2D eigenvalue weighted by atomic mass is 10.1. The molecule has 2 aromatic carbocycles. The maximum Gasteiger partial charge on any atom is 0.261 e. The summed E-state index contributed by atoms with van der Waals surface area (Å²) in [5.41, 5.74) is 2.69. The van der Waals surface area contributed by atoms with Gasteiger partial charge in [0, 0.05) is 6.42 Å². The molecule has 2 aromatic heterocycles. The van der Waals surface area contributed by atoms with Crippen LogP contribution >= 0.6 is 0 Å². The van der Waals surface area contributed by atoms with Gasteiger partial charge in [-0.25, -0.2) is 9.67 Å². The highest BCUT2D eigenvalue weighted by Gasteiger charge is 2.13. The predicted molar refractivity (Wildman–Crippen MR) is 107 cm³/mol. The van der Waals surface area contributed by atoms with Gasteiger partial charge in [0.1, 0.15) is 5.39 Å². The van der Waals surface area contributed by atoms with E-state index in [1.54, 1.807) is 4.68 Å². The molecule has 0 atom stereocenters. The molecule has 0 unspecified atom stereocenters. The highest BCUT2D eigenvalue weighted by Crippen LogP contribution is 2.22. The van der Waals surface area contributed by atoms with Crippen molar-refractivity contribution in [2.24, 2.45) is 0 Å². The van der Waals surface area contributed by atoms with Crippen LogP contribution in [0, 0.1) is 0 Å². The van der Waals surface area contributed by atoms with Gasteiger partial charge in [-0.2, -0.15) is 5.10 Å². The van der Waals surface area contributed by atoms with E-state index >= 15 is 0 Å². The van der Waals surface area contributed by atoms with Crippen molar-refractivity contribution in [2.75, 3.05) is 5.32 Å². The van der Waals surface area contributed by atoms with Crippen molar-refractivity contribution >= 4 is 22.6 Å². The fourth-order valence-electron chi connectivity index (χ4n) is 3.11. The minimum atomic E-state index is -0.251. The van der Waals surface area contributed by atoms with Crippen molar-refractivity contribution in [3.8, 4) is 5.69 Å². The number of carbonyl (C=O) groups excluding carboxylic acids is 1. The SMILES string of the molecule is O=C(CCCc1ccccc1)Nc1ccccc1-n1ncc2c(=O)[nH]cnc21. The molecule has 0 spiro atoms. The second-order valence-electron chi connectivity index (χ2n) is 6.43. The number of H-pyrrole nitrogens is 1. The van der Waals surface area contributed by atoms with Gasteiger partial charge in [0.25, 0.3) is 5.56 Å². The fraction of sp³-hybridized carbons (Fsp3) is 0.143. The van der Waals surface area contributed by atoms with E-state index in [1.807, 2.05) is 42.5 Å². The third-order valence-electron chi connectivity index (χ3n) is 4.49. The molecular weight excluding hydrogens is 354 g/mol. The first-order valence-electron chi connectivity index (χ1n) is 9.07. The fourth-order valence-corrected chi connectivity index (χ4v) is 3.11. The molecule has 28 heavy (non-hydrogen) atoms. The molecule has 0 saturated carbocycles. The normalized spacial score (nSPS) is 10.9. The van der Waals surface area contributed by atoms with E-state index < -0.39 is 0 Å². The molecule has 4 aromatic rings. The number of benzene rings is 2. The average Bonchev–Trinajstić information content (AvgIpc) is 3.15. The molecule has 0 fully saturated rings. The monoisotopic (exact) mass is 373 g/mol. The van der Waals surface area contributed by atoms with Crippen LogP contribution in [-0.4, -0.2) is 25.7 Å². The minimum Gasteiger partial charge on any atom is -0.324 e. The summed E-state index contributed by atoms with van der Waals surface area (Å²) in [6.07, 6.45) is 4.85. The van der Waals surface area contributed by atoms with Crippen molar-refractivity contribution in [3.63, 3.8) is 0 Å². The van der Waals surface area contributed by atoms with Crippen molar-refractivity contribution in [1.82, 2.24) is 19.7 Å². The number of amides is 1. The number of rotatable bonds is 6. The Morgan fingerprint density at radius 3 is 2.71 bits per heavy atom. The van der Waals surface area contributed by atoms with Gasteiger partial charge in [0.15, 0.2) is 5.65 Å². The number of fused-ring (bicyclic) bond motifs is 1. The van der Waals surface area contributed by atoms with E-state index in [4.69, 9.17) is 0 Å². The van der Waals surface area contributed by atoms with Crippen LogP contribution in [0.5, 0.6) is 0 Å². The van der Waals surface area contributed by atoms with Crippen LogP contribution in [0.3, 0.4) is 0 Å². The number of hydrogen-bond donors (Lipinski definition) is 2. The molecular formula is C21H19N5O2. The molecule has 0 aliphatic carbocycles. The number of hydrogen-bond acceptors (Lipinski definition) is 4. The number of carbonyl (C=O) groups is 1.